The highest BCUT2D eigenvalue weighted by Crippen LogP contribution is 2.32. The standard InChI is InChI=1S/C10H14O2/c1-7-4-10(2,3)5-9(12)8(7)6-11/h4-6,8,12H,1-3H3. The minimum absolute atomic E-state index is 0.131. The maximum Gasteiger partial charge on any atom is 0.134 e. The molecule has 0 saturated heterocycles. The second-order valence-electron chi connectivity index (χ2n) is 3.89. The van der Waals surface area contributed by atoms with Crippen molar-refractivity contribution < 1.29 is 9.90 Å². The molecule has 12 heavy (non-hydrogen) atoms. The van der Waals surface area contributed by atoms with Crippen LogP contribution in [0.15, 0.2) is 23.5 Å². The fourth-order valence-electron chi connectivity index (χ4n) is 1.60. The van der Waals surface area contributed by atoms with Gasteiger partial charge in [0.25, 0.3) is 0 Å². The molecular formula is C10H14O2. The van der Waals surface area contributed by atoms with Gasteiger partial charge in [0.05, 0.1) is 5.92 Å². The van der Waals surface area contributed by atoms with Crippen LogP contribution in [-0.4, -0.2) is 11.4 Å². The van der Waals surface area contributed by atoms with Gasteiger partial charge in [0.15, 0.2) is 0 Å². The molecule has 0 aromatic rings. The molecule has 2 heteroatoms. The number of carbonyl (C=O) groups is 1. The highest BCUT2D eigenvalue weighted by Gasteiger charge is 2.25. The summed E-state index contributed by atoms with van der Waals surface area (Å²) < 4.78 is 0. The van der Waals surface area contributed by atoms with Crippen LogP contribution in [0, 0.1) is 11.3 Å². The first-order valence-electron chi connectivity index (χ1n) is 4.02. The van der Waals surface area contributed by atoms with Gasteiger partial charge in [0.1, 0.15) is 12.0 Å². The van der Waals surface area contributed by atoms with Crippen molar-refractivity contribution in [1.29, 1.82) is 0 Å². The minimum Gasteiger partial charge on any atom is -0.512 e. The molecule has 1 atom stereocenters. The smallest absolute Gasteiger partial charge is 0.134 e. The van der Waals surface area contributed by atoms with Crippen molar-refractivity contribution >= 4 is 6.29 Å². The van der Waals surface area contributed by atoms with Gasteiger partial charge in [0.2, 0.25) is 0 Å². The number of aliphatic hydroxyl groups is 1. The molecule has 1 unspecified atom stereocenters. The Kier molecular flexibility index (Phi) is 2.09. The predicted octanol–water partition coefficient (Wildman–Crippen LogP) is 2.23. The zero-order valence-electron chi connectivity index (χ0n) is 7.66. The predicted molar refractivity (Wildman–Crippen MR) is 47.8 cm³/mol. The highest BCUT2D eigenvalue weighted by atomic mass is 16.3. The molecule has 1 aliphatic carbocycles. The third-order valence-corrected chi connectivity index (χ3v) is 2.06. The maximum absolute atomic E-state index is 10.6. The van der Waals surface area contributed by atoms with E-state index < -0.39 is 5.92 Å². The molecule has 0 spiro atoms. The van der Waals surface area contributed by atoms with Crippen LogP contribution in [0.4, 0.5) is 0 Å². The van der Waals surface area contributed by atoms with Crippen molar-refractivity contribution in [3.05, 3.63) is 23.5 Å². The average molecular weight is 166 g/mol. The van der Waals surface area contributed by atoms with Gasteiger partial charge in [-0.3, -0.25) is 0 Å². The number of aldehydes is 1. The monoisotopic (exact) mass is 166 g/mol. The Labute approximate surface area is 72.6 Å². The summed E-state index contributed by atoms with van der Waals surface area (Å²) in [6.45, 7) is 5.85. The van der Waals surface area contributed by atoms with E-state index in [-0.39, 0.29) is 11.2 Å². The largest absolute Gasteiger partial charge is 0.512 e. The van der Waals surface area contributed by atoms with Gasteiger partial charge in [-0.1, -0.05) is 25.5 Å². The molecular weight excluding hydrogens is 152 g/mol. The number of hydrogen-bond acceptors (Lipinski definition) is 2. The van der Waals surface area contributed by atoms with E-state index in [2.05, 4.69) is 0 Å². The van der Waals surface area contributed by atoms with E-state index in [4.69, 9.17) is 0 Å². The first kappa shape index (κ1) is 9.04. The Hall–Kier alpha value is -1.05. The number of hydrogen-bond donors (Lipinski definition) is 1. The number of carbonyl (C=O) groups excluding carboxylic acids is 1. The summed E-state index contributed by atoms with van der Waals surface area (Å²) in [5.74, 6) is -0.243. The Morgan fingerprint density at radius 3 is 2.50 bits per heavy atom. The third kappa shape index (κ3) is 1.58. The quantitative estimate of drug-likeness (QED) is 0.479. The van der Waals surface area contributed by atoms with Crippen LogP contribution in [-0.2, 0) is 4.79 Å². The van der Waals surface area contributed by atoms with E-state index in [1.165, 1.54) is 0 Å². The van der Waals surface area contributed by atoms with Crippen molar-refractivity contribution in [2.24, 2.45) is 11.3 Å². The van der Waals surface area contributed by atoms with Crippen molar-refractivity contribution in [3.8, 4) is 0 Å². The Morgan fingerprint density at radius 2 is 2.08 bits per heavy atom. The fraction of sp³-hybridized carbons (Fsp3) is 0.500. The van der Waals surface area contributed by atoms with Crippen LogP contribution in [0.3, 0.4) is 0 Å². The maximum atomic E-state index is 10.6. The van der Waals surface area contributed by atoms with Crippen molar-refractivity contribution in [2.45, 2.75) is 20.8 Å². The van der Waals surface area contributed by atoms with E-state index in [0.29, 0.717) is 0 Å². The zero-order chi connectivity index (χ0) is 9.35. The molecule has 66 valence electrons. The van der Waals surface area contributed by atoms with Crippen molar-refractivity contribution in [3.63, 3.8) is 0 Å². The van der Waals surface area contributed by atoms with Gasteiger partial charge in [-0.2, -0.15) is 0 Å². The Bertz CT molecular complexity index is 237. The summed E-state index contributed by atoms with van der Waals surface area (Å²) in [4.78, 5) is 10.6. The molecule has 0 aromatic carbocycles. The number of rotatable bonds is 1. The second-order valence-corrected chi connectivity index (χ2v) is 3.89. The summed E-state index contributed by atoms with van der Waals surface area (Å²) in [6.07, 6.45) is 4.50. The molecule has 0 heterocycles. The topological polar surface area (TPSA) is 37.3 Å². The second kappa shape index (κ2) is 2.77. The normalized spacial score (nSPS) is 27.4. The van der Waals surface area contributed by atoms with Crippen LogP contribution in [0.25, 0.3) is 0 Å². The minimum atomic E-state index is -0.418. The van der Waals surface area contributed by atoms with E-state index in [9.17, 15) is 9.90 Å². The first-order valence-corrected chi connectivity index (χ1v) is 4.02. The highest BCUT2D eigenvalue weighted by molar-refractivity contribution is 5.64. The molecule has 1 aliphatic rings. The lowest BCUT2D eigenvalue weighted by Crippen LogP contribution is -2.18. The molecule has 0 saturated carbocycles. The molecule has 1 rings (SSSR count). The molecule has 0 amide bonds. The van der Waals surface area contributed by atoms with E-state index in [1.54, 1.807) is 6.08 Å². The van der Waals surface area contributed by atoms with Crippen molar-refractivity contribution in [1.82, 2.24) is 0 Å². The molecule has 2 nitrogen and oxygen atoms in total. The third-order valence-electron chi connectivity index (χ3n) is 2.06. The Balaban J connectivity index is 3.03. The summed E-state index contributed by atoms with van der Waals surface area (Å²) >= 11 is 0. The van der Waals surface area contributed by atoms with Crippen LogP contribution in [0.5, 0.6) is 0 Å². The number of aliphatic hydroxyl groups excluding tert-OH is 1. The van der Waals surface area contributed by atoms with Gasteiger partial charge in [-0.05, 0) is 13.0 Å². The van der Waals surface area contributed by atoms with E-state index in [1.807, 2.05) is 26.8 Å². The van der Waals surface area contributed by atoms with Crippen LogP contribution in [0.1, 0.15) is 20.8 Å². The van der Waals surface area contributed by atoms with Crippen LogP contribution in [0.2, 0.25) is 0 Å². The molecule has 0 aliphatic heterocycles. The summed E-state index contributed by atoms with van der Waals surface area (Å²) in [6, 6.07) is 0. The zero-order valence-corrected chi connectivity index (χ0v) is 7.66. The Morgan fingerprint density at radius 1 is 1.50 bits per heavy atom. The lowest BCUT2D eigenvalue weighted by Gasteiger charge is -2.25. The SMILES string of the molecule is CC1=CC(C)(C)C=C(O)C1C=O. The lowest BCUT2D eigenvalue weighted by molar-refractivity contribution is -0.110. The summed E-state index contributed by atoms with van der Waals surface area (Å²) in [5.41, 5.74) is 0.795. The van der Waals surface area contributed by atoms with Crippen LogP contribution >= 0.6 is 0 Å². The molecule has 0 radical (unpaired) electrons. The average Bonchev–Trinajstić information content (AvgIpc) is 1.82. The fourth-order valence-corrected chi connectivity index (χ4v) is 1.60. The van der Waals surface area contributed by atoms with Crippen molar-refractivity contribution in [2.75, 3.05) is 0 Å². The molecule has 1 N–H and O–H groups in total. The summed E-state index contributed by atoms with van der Waals surface area (Å²) in [5, 5.41) is 9.46. The number of allylic oxidation sites excluding steroid dienone is 3. The van der Waals surface area contributed by atoms with Crippen LogP contribution < -0.4 is 0 Å². The van der Waals surface area contributed by atoms with Gasteiger partial charge in [0, 0.05) is 5.41 Å². The van der Waals surface area contributed by atoms with Gasteiger partial charge in [-0.15, -0.1) is 0 Å². The molecule has 0 aromatic heterocycles. The van der Waals surface area contributed by atoms with Gasteiger partial charge >= 0.3 is 0 Å². The summed E-state index contributed by atoms with van der Waals surface area (Å²) in [7, 11) is 0. The van der Waals surface area contributed by atoms with Gasteiger partial charge in [-0.25, -0.2) is 0 Å². The molecule has 0 bridgehead atoms. The van der Waals surface area contributed by atoms with E-state index >= 15 is 0 Å². The molecule has 0 fully saturated rings. The van der Waals surface area contributed by atoms with E-state index in [0.717, 1.165) is 11.9 Å². The van der Waals surface area contributed by atoms with Gasteiger partial charge < -0.3 is 9.90 Å². The first-order chi connectivity index (χ1) is 5.46. The lowest BCUT2D eigenvalue weighted by atomic mass is 9.80.